The molecule has 1 aromatic heterocycles. The Bertz CT molecular complexity index is 388. The maximum absolute atomic E-state index is 11.5. The summed E-state index contributed by atoms with van der Waals surface area (Å²) in [6.07, 6.45) is 1.34. The van der Waals surface area contributed by atoms with E-state index in [0.29, 0.717) is 6.42 Å². The number of nitrogens with two attached hydrogens (primary N) is 2. The Morgan fingerprint density at radius 1 is 1.50 bits per heavy atom. The second-order valence-electron chi connectivity index (χ2n) is 3.27. The van der Waals surface area contributed by atoms with Crippen LogP contribution in [0.1, 0.15) is 30.3 Å². The molecule has 1 rings (SSSR count). The van der Waals surface area contributed by atoms with Gasteiger partial charge < -0.3 is 16.8 Å². The molecule has 1 aromatic rings. The van der Waals surface area contributed by atoms with E-state index in [1.165, 1.54) is 0 Å². The molecule has 6 N–H and O–H groups in total. The van der Waals surface area contributed by atoms with Crippen molar-refractivity contribution in [2.45, 2.75) is 25.8 Å². The lowest BCUT2D eigenvalue weighted by molar-refractivity contribution is -0.117. The van der Waals surface area contributed by atoms with Crippen LogP contribution < -0.4 is 16.8 Å². The molecule has 0 aliphatic heterocycles. The van der Waals surface area contributed by atoms with E-state index in [1.807, 2.05) is 6.92 Å². The lowest BCUT2D eigenvalue weighted by Crippen LogP contribution is -2.36. The molecule has 8 nitrogen and oxygen atoms in total. The van der Waals surface area contributed by atoms with Crippen LogP contribution in [0.5, 0.6) is 0 Å². The van der Waals surface area contributed by atoms with Gasteiger partial charge in [0.2, 0.25) is 5.91 Å². The number of H-pyrrole nitrogens is 1. The van der Waals surface area contributed by atoms with Gasteiger partial charge in [-0.05, 0) is 6.42 Å². The number of carbonyl (C=O) groups excluding carboxylic acids is 2. The highest BCUT2D eigenvalue weighted by Crippen LogP contribution is 2.07. The fourth-order valence-electron chi connectivity index (χ4n) is 1.14. The highest BCUT2D eigenvalue weighted by Gasteiger charge is 2.18. The van der Waals surface area contributed by atoms with Gasteiger partial charge >= 0.3 is 0 Å². The van der Waals surface area contributed by atoms with Gasteiger partial charge in [-0.25, -0.2) is 0 Å². The van der Waals surface area contributed by atoms with Crippen LogP contribution in [-0.4, -0.2) is 33.3 Å². The molecule has 1 unspecified atom stereocenters. The summed E-state index contributed by atoms with van der Waals surface area (Å²) in [5, 5.41) is 11.7. The predicted octanol–water partition coefficient (Wildman–Crippen LogP) is -1.03. The summed E-state index contributed by atoms with van der Waals surface area (Å²) in [5.41, 5.74) is 10.5. The molecule has 16 heavy (non-hydrogen) atoms. The van der Waals surface area contributed by atoms with Crippen molar-refractivity contribution in [2.24, 2.45) is 11.5 Å². The predicted molar refractivity (Wildman–Crippen MR) is 56.4 cm³/mol. The van der Waals surface area contributed by atoms with E-state index in [2.05, 4.69) is 20.7 Å². The Hall–Kier alpha value is -1.96. The standard InChI is InChI=1S/C8H14N6O2/c1-2-3-4(9)8(16)11-7-5(6(10)15)12-14-13-7/h4H,2-3,9H2,1H3,(H2,10,15)(H2,11,12,13,14,16). The van der Waals surface area contributed by atoms with Crippen LogP contribution in [-0.2, 0) is 4.79 Å². The van der Waals surface area contributed by atoms with Gasteiger partial charge in [0.25, 0.3) is 5.91 Å². The lowest BCUT2D eigenvalue weighted by Gasteiger charge is -2.09. The third-order valence-corrected chi connectivity index (χ3v) is 1.96. The van der Waals surface area contributed by atoms with Crippen LogP contribution in [0.4, 0.5) is 5.82 Å². The van der Waals surface area contributed by atoms with Crippen LogP contribution in [0.25, 0.3) is 0 Å². The van der Waals surface area contributed by atoms with Gasteiger partial charge in [-0.2, -0.15) is 5.21 Å². The van der Waals surface area contributed by atoms with Crippen molar-refractivity contribution in [3.63, 3.8) is 0 Å². The summed E-state index contributed by atoms with van der Waals surface area (Å²) < 4.78 is 0. The van der Waals surface area contributed by atoms with E-state index in [-0.39, 0.29) is 11.5 Å². The Balaban J connectivity index is 2.69. The van der Waals surface area contributed by atoms with Gasteiger partial charge in [-0.3, -0.25) is 9.59 Å². The molecule has 2 amide bonds. The van der Waals surface area contributed by atoms with E-state index in [9.17, 15) is 9.59 Å². The van der Waals surface area contributed by atoms with Crippen LogP contribution in [0.3, 0.4) is 0 Å². The molecule has 1 heterocycles. The first-order chi connectivity index (χ1) is 7.56. The number of hydrogen-bond donors (Lipinski definition) is 4. The molecule has 8 heteroatoms. The number of anilines is 1. The number of aromatic nitrogens is 3. The third kappa shape index (κ3) is 2.76. The van der Waals surface area contributed by atoms with Gasteiger partial charge in [0, 0.05) is 0 Å². The number of aromatic amines is 1. The molecule has 1 atom stereocenters. The average molecular weight is 226 g/mol. The summed E-state index contributed by atoms with van der Waals surface area (Å²) in [4.78, 5) is 22.4. The molecule has 0 spiro atoms. The third-order valence-electron chi connectivity index (χ3n) is 1.96. The van der Waals surface area contributed by atoms with Gasteiger partial charge in [-0.1, -0.05) is 13.3 Å². The van der Waals surface area contributed by atoms with Crippen molar-refractivity contribution >= 4 is 17.6 Å². The smallest absolute Gasteiger partial charge is 0.273 e. The Morgan fingerprint density at radius 2 is 2.19 bits per heavy atom. The minimum Gasteiger partial charge on any atom is -0.364 e. The number of rotatable bonds is 5. The monoisotopic (exact) mass is 226 g/mol. The number of amides is 2. The van der Waals surface area contributed by atoms with Crippen LogP contribution in [0.2, 0.25) is 0 Å². The minimum absolute atomic E-state index is 0.00375. The largest absolute Gasteiger partial charge is 0.364 e. The van der Waals surface area contributed by atoms with E-state index in [0.717, 1.165) is 6.42 Å². The molecule has 0 aromatic carbocycles. The SMILES string of the molecule is CCCC(N)C(=O)Nc1n[nH]nc1C(N)=O. The Morgan fingerprint density at radius 3 is 2.75 bits per heavy atom. The molecule has 0 saturated carbocycles. The van der Waals surface area contributed by atoms with E-state index in [1.54, 1.807) is 0 Å². The number of primary amides is 1. The summed E-state index contributed by atoms with van der Waals surface area (Å²) in [7, 11) is 0. The summed E-state index contributed by atoms with van der Waals surface area (Å²) >= 11 is 0. The maximum atomic E-state index is 11.5. The van der Waals surface area contributed by atoms with E-state index in [4.69, 9.17) is 11.5 Å². The van der Waals surface area contributed by atoms with Crippen molar-refractivity contribution in [3.8, 4) is 0 Å². The van der Waals surface area contributed by atoms with Crippen LogP contribution in [0, 0.1) is 0 Å². The average Bonchev–Trinajstić information content (AvgIpc) is 2.66. The zero-order valence-electron chi connectivity index (χ0n) is 8.86. The van der Waals surface area contributed by atoms with Crippen molar-refractivity contribution < 1.29 is 9.59 Å². The zero-order chi connectivity index (χ0) is 12.1. The molecular weight excluding hydrogens is 212 g/mol. The fourth-order valence-corrected chi connectivity index (χ4v) is 1.14. The molecule has 0 fully saturated rings. The maximum Gasteiger partial charge on any atom is 0.273 e. The topological polar surface area (TPSA) is 140 Å². The Labute approximate surface area is 91.8 Å². The van der Waals surface area contributed by atoms with Crippen molar-refractivity contribution in [3.05, 3.63) is 5.69 Å². The fraction of sp³-hybridized carbons (Fsp3) is 0.500. The van der Waals surface area contributed by atoms with Gasteiger partial charge in [0.15, 0.2) is 11.5 Å². The molecule has 0 radical (unpaired) electrons. The second-order valence-corrected chi connectivity index (χ2v) is 3.27. The lowest BCUT2D eigenvalue weighted by atomic mass is 10.2. The summed E-state index contributed by atoms with van der Waals surface area (Å²) in [5.74, 6) is -1.18. The van der Waals surface area contributed by atoms with E-state index < -0.39 is 17.9 Å². The first kappa shape index (κ1) is 12.1. The second kappa shape index (κ2) is 5.21. The normalized spacial score (nSPS) is 12.1. The van der Waals surface area contributed by atoms with Gasteiger partial charge in [0.05, 0.1) is 6.04 Å². The summed E-state index contributed by atoms with van der Waals surface area (Å²) in [6.45, 7) is 1.91. The number of carbonyl (C=O) groups is 2. The molecule has 0 saturated heterocycles. The molecule has 0 bridgehead atoms. The molecular formula is C8H14N6O2. The molecule has 88 valence electrons. The van der Waals surface area contributed by atoms with Gasteiger partial charge in [0.1, 0.15) is 0 Å². The first-order valence-electron chi connectivity index (χ1n) is 4.83. The highest BCUT2D eigenvalue weighted by atomic mass is 16.2. The molecule has 0 aliphatic carbocycles. The first-order valence-corrected chi connectivity index (χ1v) is 4.83. The van der Waals surface area contributed by atoms with Crippen molar-refractivity contribution in [1.29, 1.82) is 0 Å². The quantitative estimate of drug-likeness (QED) is 0.508. The van der Waals surface area contributed by atoms with Crippen LogP contribution >= 0.6 is 0 Å². The van der Waals surface area contributed by atoms with Crippen molar-refractivity contribution in [2.75, 3.05) is 5.32 Å². The van der Waals surface area contributed by atoms with Crippen molar-refractivity contribution in [1.82, 2.24) is 15.4 Å². The summed E-state index contributed by atoms with van der Waals surface area (Å²) in [6, 6.07) is -0.637. The number of nitrogens with zero attached hydrogens (tertiary/aromatic N) is 2. The van der Waals surface area contributed by atoms with E-state index >= 15 is 0 Å². The molecule has 0 aliphatic rings. The number of nitrogens with one attached hydrogen (secondary N) is 2. The number of hydrogen-bond acceptors (Lipinski definition) is 5. The zero-order valence-corrected chi connectivity index (χ0v) is 8.86. The Kier molecular flexibility index (Phi) is 3.95. The van der Waals surface area contributed by atoms with Gasteiger partial charge in [-0.15, -0.1) is 10.2 Å². The minimum atomic E-state index is -0.770. The highest BCUT2D eigenvalue weighted by molar-refractivity contribution is 6.01. The van der Waals surface area contributed by atoms with Crippen LogP contribution in [0.15, 0.2) is 0 Å².